The molecule has 0 spiro atoms. The Morgan fingerprint density at radius 3 is 0.701 bits per heavy atom. The topological polar surface area (TPSA) is 237 Å². The summed E-state index contributed by atoms with van der Waals surface area (Å²) in [5.41, 5.74) is 0. The number of aliphatic hydroxyl groups is 1. The highest BCUT2D eigenvalue weighted by molar-refractivity contribution is 7.47. The van der Waals surface area contributed by atoms with Crippen molar-refractivity contribution in [1.82, 2.24) is 0 Å². The van der Waals surface area contributed by atoms with Crippen molar-refractivity contribution in [2.75, 3.05) is 39.6 Å². The molecule has 0 bridgehead atoms. The van der Waals surface area contributed by atoms with Crippen molar-refractivity contribution < 1.29 is 80.2 Å². The first-order chi connectivity index (χ1) is 46.9. The van der Waals surface area contributed by atoms with Crippen molar-refractivity contribution in [1.29, 1.82) is 0 Å². The fourth-order valence-corrected chi connectivity index (χ4v) is 13.6. The molecule has 0 radical (unpaired) electrons. The van der Waals surface area contributed by atoms with Gasteiger partial charge in [-0.3, -0.25) is 37.3 Å². The second kappa shape index (κ2) is 69.8. The average molecular weight is 1420 g/mol. The van der Waals surface area contributed by atoms with Gasteiger partial charge in [-0.15, -0.1) is 0 Å². The zero-order chi connectivity index (χ0) is 71.4. The molecule has 3 N–H and O–H groups in total. The number of phosphoric ester groups is 2. The molecule has 576 valence electrons. The van der Waals surface area contributed by atoms with E-state index >= 15 is 0 Å². The molecule has 0 saturated carbocycles. The summed E-state index contributed by atoms with van der Waals surface area (Å²) < 4.78 is 68.6. The van der Waals surface area contributed by atoms with Crippen molar-refractivity contribution >= 4 is 39.5 Å². The van der Waals surface area contributed by atoms with Crippen LogP contribution in [0.25, 0.3) is 0 Å². The third kappa shape index (κ3) is 72.2. The number of esters is 4. The molecule has 0 aromatic heterocycles. The van der Waals surface area contributed by atoms with Crippen LogP contribution in [0, 0.1) is 11.8 Å². The number of aliphatic hydroxyl groups excluding tert-OH is 1. The standard InChI is InChI=1S/C78H152O17P2/c1-7-9-11-13-15-17-19-21-26-30-36-42-48-54-60-75(80)88-66-73(94-78(83)63-57-51-45-38-32-28-24-23-25-29-34-40-46-52-58-70(3)4)68-92-96(84,85)90-64-72(79)65-91-97(86,87)93-69-74(67-89-76(81)61-55-49-43-39-33-35-41-47-53-59-71(5)6)95-77(82)62-56-50-44-37-31-27-22-20-18-16-14-12-10-8-2/h70-74,79H,7-69H2,1-6H3,(H,84,85)(H,86,87)/t72-,73-,74-/m1/s1. The first-order valence-electron chi connectivity index (χ1n) is 40.5. The number of hydrogen-bond acceptors (Lipinski definition) is 15. The molecule has 0 aliphatic rings. The second-order valence-corrected chi connectivity index (χ2v) is 32.0. The van der Waals surface area contributed by atoms with Gasteiger partial charge in [-0.2, -0.15) is 0 Å². The molecular formula is C78H152O17P2. The zero-order valence-corrected chi connectivity index (χ0v) is 65.2. The van der Waals surface area contributed by atoms with E-state index in [1.807, 2.05) is 0 Å². The summed E-state index contributed by atoms with van der Waals surface area (Å²) in [5.74, 6) is -0.571. The summed E-state index contributed by atoms with van der Waals surface area (Å²) in [5, 5.41) is 10.6. The van der Waals surface area contributed by atoms with Crippen molar-refractivity contribution in [2.24, 2.45) is 11.8 Å². The van der Waals surface area contributed by atoms with E-state index in [2.05, 4.69) is 41.5 Å². The normalized spacial score (nSPS) is 14.0. The number of phosphoric acid groups is 2. The summed E-state index contributed by atoms with van der Waals surface area (Å²) in [6.07, 6.45) is 58.1. The Balaban J connectivity index is 5.26. The first kappa shape index (κ1) is 95.1. The lowest BCUT2D eigenvalue weighted by molar-refractivity contribution is -0.161. The van der Waals surface area contributed by atoms with E-state index in [0.717, 1.165) is 102 Å². The van der Waals surface area contributed by atoms with Gasteiger partial charge in [-0.1, -0.05) is 356 Å². The van der Waals surface area contributed by atoms with E-state index in [-0.39, 0.29) is 25.7 Å². The fraction of sp³-hybridized carbons (Fsp3) is 0.949. The number of carbonyl (C=O) groups is 4. The van der Waals surface area contributed by atoms with Crippen LogP contribution >= 0.6 is 15.6 Å². The molecule has 19 heteroatoms. The lowest BCUT2D eigenvalue weighted by Crippen LogP contribution is -2.30. The van der Waals surface area contributed by atoms with E-state index in [1.165, 1.54) is 225 Å². The van der Waals surface area contributed by atoms with Crippen LogP contribution in [0.5, 0.6) is 0 Å². The van der Waals surface area contributed by atoms with Crippen LogP contribution in [0.2, 0.25) is 0 Å². The molecule has 0 rings (SSSR count). The number of carbonyl (C=O) groups excluding carboxylic acids is 4. The SMILES string of the molecule is CCCCCCCCCCCCCCCCC(=O)OC[C@H](COP(=O)(O)OC[C@@H](O)COP(=O)(O)OC[C@@H](COC(=O)CCCCCCCCCCCC(C)C)OC(=O)CCCCCCCCCCCCCCCC)OC(=O)CCCCCCCCCCCCCCCCC(C)C. The predicted octanol–water partition coefficient (Wildman–Crippen LogP) is 23.1. The number of unbranched alkanes of at least 4 members (excludes halogenated alkanes) is 47. The maximum Gasteiger partial charge on any atom is 0.472 e. The molecule has 0 aliphatic heterocycles. The highest BCUT2D eigenvalue weighted by atomic mass is 31.2. The maximum absolute atomic E-state index is 13.1. The minimum absolute atomic E-state index is 0.108. The second-order valence-electron chi connectivity index (χ2n) is 29.1. The summed E-state index contributed by atoms with van der Waals surface area (Å²) in [4.78, 5) is 72.9. The third-order valence-electron chi connectivity index (χ3n) is 18.2. The quantitative estimate of drug-likeness (QED) is 0.0222. The Bertz CT molecular complexity index is 1870. The van der Waals surface area contributed by atoms with E-state index in [0.29, 0.717) is 25.7 Å². The molecule has 17 nitrogen and oxygen atoms in total. The van der Waals surface area contributed by atoms with E-state index in [9.17, 15) is 43.2 Å². The molecule has 0 fully saturated rings. The minimum Gasteiger partial charge on any atom is -0.462 e. The van der Waals surface area contributed by atoms with Crippen molar-refractivity contribution in [3.05, 3.63) is 0 Å². The van der Waals surface area contributed by atoms with Crippen LogP contribution in [-0.4, -0.2) is 96.7 Å². The molecule has 0 aromatic rings. The number of ether oxygens (including phenoxy) is 4. The van der Waals surface area contributed by atoms with Crippen molar-refractivity contribution in [3.8, 4) is 0 Å². The molecule has 0 aliphatic carbocycles. The molecule has 0 amide bonds. The lowest BCUT2D eigenvalue weighted by atomic mass is 10.0. The fourth-order valence-electron chi connectivity index (χ4n) is 12.0. The predicted molar refractivity (Wildman–Crippen MR) is 395 cm³/mol. The highest BCUT2D eigenvalue weighted by Crippen LogP contribution is 2.45. The molecule has 2 unspecified atom stereocenters. The first-order valence-corrected chi connectivity index (χ1v) is 43.5. The van der Waals surface area contributed by atoms with Gasteiger partial charge in [0, 0.05) is 25.7 Å². The van der Waals surface area contributed by atoms with Crippen molar-refractivity contribution in [3.63, 3.8) is 0 Å². The monoisotopic (exact) mass is 1420 g/mol. The van der Waals surface area contributed by atoms with Gasteiger partial charge in [-0.05, 0) is 37.5 Å². The molecular weight excluding hydrogens is 1270 g/mol. The van der Waals surface area contributed by atoms with Gasteiger partial charge >= 0.3 is 39.5 Å². The Morgan fingerprint density at radius 2 is 0.474 bits per heavy atom. The van der Waals surface area contributed by atoms with Crippen LogP contribution in [0.15, 0.2) is 0 Å². The van der Waals surface area contributed by atoms with E-state index < -0.39 is 97.5 Å². The molecule has 0 aromatic carbocycles. The Hall–Kier alpha value is -1.94. The summed E-state index contributed by atoms with van der Waals surface area (Å²) in [6.45, 7) is 9.63. The largest absolute Gasteiger partial charge is 0.472 e. The molecule has 97 heavy (non-hydrogen) atoms. The zero-order valence-electron chi connectivity index (χ0n) is 63.4. The Kier molecular flexibility index (Phi) is 68.4. The summed E-state index contributed by atoms with van der Waals surface area (Å²) >= 11 is 0. The van der Waals surface area contributed by atoms with Gasteiger partial charge in [0.15, 0.2) is 12.2 Å². The van der Waals surface area contributed by atoms with Crippen LogP contribution in [0.4, 0.5) is 0 Å². The number of hydrogen-bond donors (Lipinski definition) is 3. The van der Waals surface area contributed by atoms with Gasteiger partial charge in [-0.25, -0.2) is 9.13 Å². The van der Waals surface area contributed by atoms with Gasteiger partial charge in [0.25, 0.3) is 0 Å². The highest BCUT2D eigenvalue weighted by Gasteiger charge is 2.30. The molecule has 0 saturated heterocycles. The maximum atomic E-state index is 13.1. The van der Waals surface area contributed by atoms with Crippen LogP contribution < -0.4 is 0 Å². The Labute approximate surface area is 594 Å². The van der Waals surface area contributed by atoms with Crippen LogP contribution in [-0.2, 0) is 65.4 Å². The van der Waals surface area contributed by atoms with Gasteiger partial charge in [0.2, 0.25) is 0 Å². The van der Waals surface area contributed by atoms with E-state index in [4.69, 9.17) is 37.0 Å². The Morgan fingerprint density at radius 1 is 0.278 bits per heavy atom. The van der Waals surface area contributed by atoms with Crippen LogP contribution in [0.1, 0.15) is 408 Å². The van der Waals surface area contributed by atoms with Crippen LogP contribution in [0.3, 0.4) is 0 Å². The average Bonchev–Trinajstić information content (AvgIpc) is 1.07. The molecule has 0 heterocycles. The third-order valence-corrected chi connectivity index (χ3v) is 20.1. The smallest absolute Gasteiger partial charge is 0.462 e. The van der Waals surface area contributed by atoms with E-state index in [1.54, 1.807) is 0 Å². The number of rotatable bonds is 77. The minimum atomic E-state index is -4.96. The summed E-state index contributed by atoms with van der Waals surface area (Å²) in [7, 11) is -9.92. The van der Waals surface area contributed by atoms with Gasteiger partial charge in [0.1, 0.15) is 19.3 Å². The summed E-state index contributed by atoms with van der Waals surface area (Å²) in [6, 6.07) is 0. The lowest BCUT2D eigenvalue weighted by Gasteiger charge is -2.21. The van der Waals surface area contributed by atoms with Gasteiger partial charge in [0.05, 0.1) is 26.4 Å². The molecule has 5 atom stereocenters. The van der Waals surface area contributed by atoms with Crippen molar-refractivity contribution in [2.45, 2.75) is 426 Å². The van der Waals surface area contributed by atoms with Gasteiger partial charge < -0.3 is 33.8 Å².